The number of Topliss-reactive ketones (excluding diaryl/α,β-unsaturated/α-hetero) is 1. The Bertz CT molecular complexity index is 387. The molecule has 0 saturated heterocycles. The third kappa shape index (κ3) is 4.32. The number of ketones is 1. The molecule has 0 saturated carbocycles. The molecule has 0 bridgehead atoms. The van der Waals surface area contributed by atoms with Crippen molar-refractivity contribution in [3.05, 3.63) is 35.9 Å². The van der Waals surface area contributed by atoms with Gasteiger partial charge in [-0.3, -0.25) is 9.59 Å². The summed E-state index contributed by atoms with van der Waals surface area (Å²) >= 11 is 0. The molecule has 1 aromatic carbocycles. The van der Waals surface area contributed by atoms with Crippen LogP contribution in [0.1, 0.15) is 51.1 Å². The molecule has 18 heavy (non-hydrogen) atoms. The number of rotatable bonds is 7. The highest BCUT2D eigenvalue weighted by Gasteiger charge is 2.20. The molecule has 1 aromatic rings. The zero-order valence-corrected chi connectivity index (χ0v) is 11.1. The molecule has 3 nitrogen and oxygen atoms in total. The number of benzene rings is 1. The number of amides is 1. The molecule has 0 heterocycles. The highest BCUT2D eigenvalue weighted by atomic mass is 16.2. The molecule has 0 aliphatic heterocycles. The molecular formula is C15H21NO2. The SMILES string of the molecule is CCCC(=O)NC(C(=O)CCC)c1ccccc1. The van der Waals surface area contributed by atoms with Gasteiger partial charge in [0, 0.05) is 12.8 Å². The van der Waals surface area contributed by atoms with Crippen molar-refractivity contribution in [3.63, 3.8) is 0 Å². The average molecular weight is 247 g/mol. The second-order valence-electron chi connectivity index (χ2n) is 4.38. The van der Waals surface area contributed by atoms with Crippen LogP contribution in [0.3, 0.4) is 0 Å². The van der Waals surface area contributed by atoms with Gasteiger partial charge in [0.15, 0.2) is 5.78 Å². The van der Waals surface area contributed by atoms with Crippen molar-refractivity contribution in [2.45, 2.75) is 45.6 Å². The summed E-state index contributed by atoms with van der Waals surface area (Å²) in [5.41, 5.74) is 0.861. The summed E-state index contributed by atoms with van der Waals surface area (Å²) in [6, 6.07) is 8.93. The third-order valence-corrected chi connectivity index (χ3v) is 2.73. The van der Waals surface area contributed by atoms with E-state index in [0.717, 1.165) is 18.4 Å². The topological polar surface area (TPSA) is 46.2 Å². The highest BCUT2D eigenvalue weighted by Crippen LogP contribution is 2.16. The Morgan fingerprint density at radius 3 is 2.22 bits per heavy atom. The van der Waals surface area contributed by atoms with Gasteiger partial charge >= 0.3 is 0 Å². The number of nitrogens with one attached hydrogen (secondary N) is 1. The molecule has 0 aliphatic carbocycles. The zero-order chi connectivity index (χ0) is 13.4. The number of carbonyl (C=O) groups is 2. The van der Waals surface area contributed by atoms with Crippen molar-refractivity contribution in [2.24, 2.45) is 0 Å². The fraction of sp³-hybridized carbons (Fsp3) is 0.467. The molecule has 0 radical (unpaired) electrons. The van der Waals surface area contributed by atoms with Crippen LogP contribution in [-0.4, -0.2) is 11.7 Å². The lowest BCUT2D eigenvalue weighted by Gasteiger charge is -2.17. The second kappa shape index (κ2) is 7.64. The fourth-order valence-corrected chi connectivity index (χ4v) is 1.85. The summed E-state index contributed by atoms with van der Waals surface area (Å²) in [7, 11) is 0. The van der Waals surface area contributed by atoms with Crippen LogP contribution >= 0.6 is 0 Å². The van der Waals surface area contributed by atoms with Gasteiger partial charge in [-0.2, -0.15) is 0 Å². The normalized spacial score (nSPS) is 11.9. The molecule has 1 N–H and O–H groups in total. The minimum absolute atomic E-state index is 0.0594. The van der Waals surface area contributed by atoms with Crippen molar-refractivity contribution < 1.29 is 9.59 Å². The lowest BCUT2D eigenvalue weighted by molar-refractivity contribution is -0.128. The van der Waals surface area contributed by atoms with Gasteiger partial charge in [-0.1, -0.05) is 44.2 Å². The summed E-state index contributed by atoms with van der Waals surface area (Å²) in [4.78, 5) is 23.7. The van der Waals surface area contributed by atoms with Gasteiger partial charge in [0.2, 0.25) is 5.91 Å². The summed E-state index contributed by atoms with van der Waals surface area (Å²) in [6.45, 7) is 3.92. The van der Waals surface area contributed by atoms with Gasteiger partial charge in [-0.05, 0) is 18.4 Å². The fourth-order valence-electron chi connectivity index (χ4n) is 1.85. The van der Waals surface area contributed by atoms with E-state index in [1.807, 2.05) is 44.2 Å². The van der Waals surface area contributed by atoms with E-state index in [1.165, 1.54) is 0 Å². The Morgan fingerprint density at radius 1 is 1.06 bits per heavy atom. The standard InChI is InChI=1S/C15H21NO2/c1-3-8-13(17)15(16-14(18)9-4-2)12-10-6-5-7-11-12/h5-7,10-11,15H,3-4,8-9H2,1-2H3,(H,16,18). The number of hydrogen-bond acceptors (Lipinski definition) is 2. The van der Waals surface area contributed by atoms with E-state index < -0.39 is 6.04 Å². The van der Waals surface area contributed by atoms with E-state index in [4.69, 9.17) is 0 Å². The molecule has 0 spiro atoms. The van der Waals surface area contributed by atoms with E-state index >= 15 is 0 Å². The summed E-state index contributed by atoms with van der Waals surface area (Å²) in [5, 5.41) is 2.83. The Kier molecular flexibility index (Phi) is 6.12. The average Bonchev–Trinajstić information content (AvgIpc) is 2.37. The van der Waals surface area contributed by atoms with E-state index in [-0.39, 0.29) is 11.7 Å². The molecule has 0 aromatic heterocycles. The molecule has 0 aliphatic rings. The predicted octanol–water partition coefficient (Wildman–Crippen LogP) is 3.01. The molecule has 1 unspecified atom stereocenters. The third-order valence-electron chi connectivity index (χ3n) is 2.73. The Hall–Kier alpha value is -1.64. The summed E-state index contributed by atoms with van der Waals surface area (Å²) in [5.74, 6) is 0.0176. The number of hydrogen-bond donors (Lipinski definition) is 1. The van der Waals surface area contributed by atoms with Gasteiger partial charge < -0.3 is 5.32 Å². The van der Waals surface area contributed by atoms with Crippen LogP contribution in [0.15, 0.2) is 30.3 Å². The second-order valence-corrected chi connectivity index (χ2v) is 4.38. The smallest absolute Gasteiger partial charge is 0.220 e. The Morgan fingerprint density at radius 2 is 1.67 bits per heavy atom. The molecule has 1 rings (SSSR count). The first-order valence-electron chi connectivity index (χ1n) is 6.56. The van der Waals surface area contributed by atoms with Crippen molar-refractivity contribution in [1.82, 2.24) is 5.32 Å². The Labute approximate surface area is 109 Å². The number of carbonyl (C=O) groups excluding carboxylic acids is 2. The molecular weight excluding hydrogens is 226 g/mol. The minimum atomic E-state index is -0.495. The summed E-state index contributed by atoms with van der Waals surface area (Å²) < 4.78 is 0. The molecule has 98 valence electrons. The van der Waals surface area contributed by atoms with E-state index in [9.17, 15) is 9.59 Å². The zero-order valence-electron chi connectivity index (χ0n) is 11.1. The maximum atomic E-state index is 12.1. The first-order valence-corrected chi connectivity index (χ1v) is 6.56. The van der Waals surface area contributed by atoms with Crippen LogP contribution < -0.4 is 5.32 Å². The van der Waals surface area contributed by atoms with Crippen molar-refractivity contribution in [1.29, 1.82) is 0 Å². The lowest BCUT2D eigenvalue weighted by atomic mass is 9.99. The minimum Gasteiger partial charge on any atom is -0.342 e. The lowest BCUT2D eigenvalue weighted by Crippen LogP contribution is -2.33. The van der Waals surface area contributed by atoms with Gasteiger partial charge in [0.25, 0.3) is 0 Å². The van der Waals surface area contributed by atoms with Crippen LogP contribution in [0.2, 0.25) is 0 Å². The maximum Gasteiger partial charge on any atom is 0.220 e. The van der Waals surface area contributed by atoms with Crippen LogP contribution in [0.25, 0.3) is 0 Å². The highest BCUT2D eigenvalue weighted by molar-refractivity contribution is 5.90. The first kappa shape index (κ1) is 14.4. The van der Waals surface area contributed by atoms with Crippen LogP contribution in [0.5, 0.6) is 0 Å². The van der Waals surface area contributed by atoms with Crippen molar-refractivity contribution in [3.8, 4) is 0 Å². The predicted molar refractivity (Wildman–Crippen MR) is 72.1 cm³/mol. The monoisotopic (exact) mass is 247 g/mol. The van der Waals surface area contributed by atoms with E-state index in [0.29, 0.717) is 12.8 Å². The van der Waals surface area contributed by atoms with Crippen molar-refractivity contribution >= 4 is 11.7 Å². The first-order chi connectivity index (χ1) is 8.69. The van der Waals surface area contributed by atoms with Crippen LogP contribution in [0, 0.1) is 0 Å². The summed E-state index contributed by atoms with van der Waals surface area (Å²) in [6.07, 6.45) is 2.54. The molecule has 3 heteroatoms. The Balaban J connectivity index is 2.82. The van der Waals surface area contributed by atoms with E-state index in [2.05, 4.69) is 5.32 Å². The van der Waals surface area contributed by atoms with Crippen molar-refractivity contribution in [2.75, 3.05) is 0 Å². The largest absolute Gasteiger partial charge is 0.342 e. The quantitative estimate of drug-likeness (QED) is 0.805. The van der Waals surface area contributed by atoms with Crippen LogP contribution in [-0.2, 0) is 9.59 Å². The maximum absolute atomic E-state index is 12.1. The van der Waals surface area contributed by atoms with Gasteiger partial charge in [0.1, 0.15) is 6.04 Å². The molecule has 1 atom stereocenters. The van der Waals surface area contributed by atoms with Gasteiger partial charge in [0.05, 0.1) is 0 Å². The molecule has 0 fully saturated rings. The van der Waals surface area contributed by atoms with Crippen LogP contribution in [0.4, 0.5) is 0 Å². The van der Waals surface area contributed by atoms with E-state index in [1.54, 1.807) is 0 Å². The van der Waals surface area contributed by atoms with Gasteiger partial charge in [-0.25, -0.2) is 0 Å². The molecule has 1 amide bonds. The van der Waals surface area contributed by atoms with Gasteiger partial charge in [-0.15, -0.1) is 0 Å².